The Labute approximate surface area is 131 Å². The monoisotopic (exact) mass is 326 g/mol. The van der Waals surface area contributed by atoms with Crippen molar-refractivity contribution in [3.8, 4) is 5.75 Å². The first-order valence-corrected chi connectivity index (χ1v) is 6.76. The summed E-state index contributed by atoms with van der Waals surface area (Å²) in [5.41, 5.74) is 1.06. The molecule has 1 N–H and O–H groups in total. The second-order valence-electron chi connectivity index (χ2n) is 4.30. The van der Waals surface area contributed by atoms with Gasteiger partial charge >= 0.3 is 0 Å². The molecule has 0 aliphatic heterocycles. The van der Waals surface area contributed by atoms with Crippen LogP contribution in [0.1, 0.15) is 12.5 Å². The van der Waals surface area contributed by atoms with E-state index in [1.807, 2.05) is 33.2 Å². The van der Waals surface area contributed by atoms with E-state index in [9.17, 15) is 0 Å². The van der Waals surface area contributed by atoms with Gasteiger partial charge in [0.1, 0.15) is 0 Å². The molecule has 0 spiro atoms. The summed E-state index contributed by atoms with van der Waals surface area (Å²) in [5, 5.41) is 4.47. The number of nitrogens with zero attached hydrogens (tertiary/aromatic N) is 1. The van der Waals surface area contributed by atoms with Crippen LogP contribution in [0.4, 0.5) is 0 Å². The minimum Gasteiger partial charge on any atom is -0.491 e. The number of hydrogen-bond donors (Lipinski definition) is 1. The van der Waals surface area contributed by atoms with Crippen molar-refractivity contribution in [1.82, 2.24) is 10.2 Å². The smallest absolute Gasteiger partial charge is 0.156 e. The third-order valence-corrected chi connectivity index (χ3v) is 2.97. The third kappa shape index (κ3) is 6.68. The molecule has 0 amide bonds. The Morgan fingerprint density at radius 2 is 1.79 bits per heavy atom. The predicted molar refractivity (Wildman–Crippen MR) is 85.1 cm³/mol. The Hall–Kier alpha value is -0.190. The van der Waals surface area contributed by atoms with Gasteiger partial charge in [-0.2, -0.15) is 0 Å². The van der Waals surface area contributed by atoms with E-state index in [4.69, 9.17) is 27.9 Å². The van der Waals surface area contributed by atoms with Crippen LogP contribution in [0.5, 0.6) is 5.75 Å². The van der Waals surface area contributed by atoms with Crippen LogP contribution in [0.3, 0.4) is 0 Å². The van der Waals surface area contributed by atoms with Crippen LogP contribution >= 0.6 is 35.6 Å². The van der Waals surface area contributed by atoms with Gasteiger partial charge in [-0.25, -0.2) is 0 Å². The van der Waals surface area contributed by atoms with E-state index in [1.54, 1.807) is 0 Å². The van der Waals surface area contributed by atoms with Crippen LogP contribution in [0, 0.1) is 0 Å². The molecule has 0 aliphatic carbocycles. The Morgan fingerprint density at radius 3 is 2.26 bits per heavy atom. The molecule has 0 bridgehead atoms. The molecule has 1 aromatic rings. The Morgan fingerprint density at radius 1 is 1.21 bits per heavy atom. The van der Waals surface area contributed by atoms with Crippen LogP contribution in [0.15, 0.2) is 12.1 Å². The summed E-state index contributed by atoms with van der Waals surface area (Å²) in [5.74, 6) is 0.567. The van der Waals surface area contributed by atoms with Gasteiger partial charge in [0.2, 0.25) is 0 Å². The number of hydrogen-bond acceptors (Lipinski definition) is 3. The standard InChI is InChI=1S/C13H20Cl2N2O.ClH/c1-4-18-13-11(14)7-10(8-12(13)15)9-16-5-6-17(2)3;/h7-8,16H,4-6,9H2,1-3H3;1H. The predicted octanol–water partition coefficient (Wildman–Crippen LogP) is 3.47. The average Bonchev–Trinajstić information content (AvgIpc) is 2.29. The highest BCUT2D eigenvalue weighted by atomic mass is 35.5. The first kappa shape index (κ1) is 18.8. The van der Waals surface area contributed by atoms with E-state index < -0.39 is 0 Å². The number of ether oxygens (including phenoxy) is 1. The van der Waals surface area contributed by atoms with Crippen molar-refractivity contribution >= 4 is 35.6 Å². The number of likely N-dealkylation sites (N-methyl/N-ethyl adjacent to an activating group) is 1. The van der Waals surface area contributed by atoms with Crippen molar-refractivity contribution in [2.24, 2.45) is 0 Å². The molecule has 0 radical (unpaired) electrons. The van der Waals surface area contributed by atoms with E-state index in [0.29, 0.717) is 22.4 Å². The first-order chi connectivity index (χ1) is 8.54. The number of benzene rings is 1. The highest BCUT2D eigenvalue weighted by Crippen LogP contribution is 2.34. The van der Waals surface area contributed by atoms with E-state index in [2.05, 4.69) is 10.2 Å². The SMILES string of the molecule is CCOc1c(Cl)cc(CNCCN(C)C)cc1Cl.Cl. The van der Waals surface area contributed by atoms with Gasteiger partial charge in [0.25, 0.3) is 0 Å². The Balaban J connectivity index is 0.00000324. The lowest BCUT2D eigenvalue weighted by Gasteiger charge is -2.12. The van der Waals surface area contributed by atoms with Gasteiger partial charge in [0.05, 0.1) is 16.7 Å². The molecule has 0 atom stereocenters. The molecule has 0 aromatic heterocycles. The van der Waals surface area contributed by atoms with Gasteiger partial charge in [-0.05, 0) is 38.7 Å². The normalized spacial score (nSPS) is 10.4. The van der Waals surface area contributed by atoms with E-state index >= 15 is 0 Å². The lowest BCUT2D eigenvalue weighted by atomic mass is 10.2. The van der Waals surface area contributed by atoms with Gasteiger partial charge in [-0.1, -0.05) is 23.2 Å². The van der Waals surface area contributed by atoms with Crippen LogP contribution in [-0.4, -0.2) is 38.7 Å². The summed E-state index contributed by atoms with van der Waals surface area (Å²) >= 11 is 12.3. The van der Waals surface area contributed by atoms with Crippen molar-refractivity contribution in [2.45, 2.75) is 13.5 Å². The van der Waals surface area contributed by atoms with Crippen molar-refractivity contribution in [3.63, 3.8) is 0 Å². The van der Waals surface area contributed by atoms with E-state index in [-0.39, 0.29) is 12.4 Å². The molecule has 0 saturated heterocycles. The first-order valence-electron chi connectivity index (χ1n) is 6.00. The summed E-state index contributed by atoms with van der Waals surface area (Å²) in [4.78, 5) is 2.13. The quantitative estimate of drug-likeness (QED) is 0.776. The van der Waals surface area contributed by atoms with Crippen molar-refractivity contribution in [2.75, 3.05) is 33.8 Å². The Bertz CT molecular complexity index is 363. The summed E-state index contributed by atoms with van der Waals surface area (Å²) in [6, 6.07) is 3.78. The van der Waals surface area contributed by atoms with Crippen LogP contribution in [0.2, 0.25) is 10.0 Å². The van der Waals surface area contributed by atoms with E-state index in [0.717, 1.165) is 25.2 Å². The van der Waals surface area contributed by atoms with Crippen molar-refractivity contribution < 1.29 is 4.74 Å². The maximum atomic E-state index is 6.13. The zero-order chi connectivity index (χ0) is 13.5. The lowest BCUT2D eigenvalue weighted by Crippen LogP contribution is -2.26. The van der Waals surface area contributed by atoms with Gasteiger partial charge in [0.15, 0.2) is 5.75 Å². The molecule has 0 unspecified atom stereocenters. The maximum Gasteiger partial charge on any atom is 0.156 e. The lowest BCUT2D eigenvalue weighted by molar-refractivity contribution is 0.340. The molecule has 0 aliphatic rings. The second kappa shape index (κ2) is 9.67. The molecule has 1 rings (SSSR count). The average molecular weight is 328 g/mol. The van der Waals surface area contributed by atoms with Gasteiger partial charge in [0, 0.05) is 19.6 Å². The molecule has 110 valence electrons. The molecular formula is C13H21Cl3N2O. The molecule has 0 fully saturated rings. The summed E-state index contributed by atoms with van der Waals surface area (Å²) in [6.45, 7) is 5.14. The fourth-order valence-electron chi connectivity index (χ4n) is 1.53. The molecule has 6 heteroatoms. The van der Waals surface area contributed by atoms with Crippen LogP contribution < -0.4 is 10.1 Å². The summed E-state index contributed by atoms with van der Waals surface area (Å²) in [7, 11) is 4.10. The molecule has 0 saturated carbocycles. The number of nitrogens with one attached hydrogen (secondary N) is 1. The molecule has 0 heterocycles. The van der Waals surface area contributed by atoms with Gasteiger partial charge in [-0.15, -0.1) is 12.4 Å². The van der Waals surface area contributed by atoms with Gasteiger partial charge < -0.3 is 15.0 Å². The maximum absolute atomic E-state index is 6.13. The zero-order valence-electron chi connectivity index (χ0n) is 11.5. The highest BCUT2D eigenvalue weighted by Gasteiger charge is 2.08. The molecule has 19 heavy (non-hydrogen) atoms. The topological polar surface area (TPSA) is 24.5 Å². The second-order valence-corrected chi connectivity index (χ2v) is 5.12. The van der Waals surface area contributed by atoms with Crippen LogP contribution in [-0.2, 0) is 6.54 Å². The Kier molecular flexibility index (Phi) is 9.58. The van der Waals surface area contributed by atoms with Crippen molar-refractivity contribution in [1.29, 1.82) is 0 Å². The fraction of sp³-hybridized carbons (Fsp3) is 0.538. The molecular weight excluding hydrogens is 307 g/mol. The molecule has 3 nitrogen and oxygen atoms in total. The minimum atomic E-state index is 0. The summed E-state index contributed by atoms with van der Waals surface area (Å²) in [6.07, 6.45) is 0. The number of halogens is 3. The van der Waals surface area contributed by atoms with Crippen LogP contribution in [0.25, 0.3) is 0 Å². The third-order valence-electron chi connectivity index (χ3n) is 2.41. The highest BCUT2D eigenvalue weighted by molar-refractivity contribution is 6.37. The zero-order valence-corrected chi connectivity index (χ0v) is 13.8. The largest absolute Gasteiger partial charge is 0.491 e. The number of rotatable bonds is 7. The fourth-order valence-corrected chi connectivity index (χ4v) is 2.17. The van der Waals surface area contributed by atoms with Gasteiger partial charge in [-0.3, -0.25) is 0 Å². The van der Waals surface area contributed by atoms with Crippen molar-refractivity contribution in [3.05, 3.63) is 27.7 Å². The van der Waals surface area contributed by atoms with E-state index in [1.165, 1.54) is 0 Å². The molecule has 1 aromatic carbocycles. The summed E-state index contributed by atoms with van der Waals surface area (Å²) < 4.78 is 5.39. The minimum absolute atomic E-state index is 0.